The van der Waals surface area contributed by atoms with Crippen LogP contribution in [-0.4, -0.2) is 25.6 Å². The van der Waals surface area contributed by atoms with Crippen LogP contribution in [0.4, 0.5) is 0 Å². The summed E-state index contributed by atoms with van der Waals surface area (Å²) in [6.07, 6.45) is 16.9. The Hall–Kier alpha value is -2.00. The van der Waals surface area contributed by atoms with Crippen LogP contribution in [-0.2, 0) is 13.3 Å². The second-order valence-corrected chi connectivity index (χ2v) is 9.49. The Morgan fingerprint density at radius 2 is 1.00 bits per heavy atom. The second kappa shape index (κ2) is 7.48. The lowest BCUT2D eigenvalue weighted by molar-refractivity contribution is -0.0366. The molecule has 0 aliphatic rings. The van der Waals surface area contributed by atoms with Crippen LogP contribution in [0.2, 0.25) is 0 Å². The first kappa shape index (κ1) is 21.0. The standard InChI is InChI=1S/C21H26O3Si/c1-10-19(4,5)22-25(23-20(6,7)11-2,24-21(8,9)12-3)18-16-14-13-15-17-18/h1-3,13-17H,4-9H3. The van der Waals surface area contributed by atoms with Crippen LogP contribution < -0.4 is 5.19 Å². The normalized spacial score (nSPS) is 12.8. The minimum atomic E-state index is -3.57. The van der Waals surface area contributed by atoms with Gasteiger partial charge in [0.15, 0.2) is 0 Å². The van der Waals surface area contributed by atoms with Crippen LogP contribution >= 0.6 is 0 Å². The van der Waals surface area contributed by atoms with Crippen molar-refractivity contribution in [3.05, 3.63) is 30.3 Å². The molecule has 25 heavy (non-hydrogen) atoms. The van der Waals surface area contributed by atoms with Crippen LogP contribution in [0.25, 0.3) is 0 Å². The molecule has 4 heteroatoms. The van der Waals surface area contributed by atoms with Crippen molar-refractivity contribution in [3.63, 3.8) is 0 Å². The zero-order chi connectivity index (χ0) is 19.4. The minimum absolute atomic E-state index is 0.741. The lowest BCUT2D eigenvalue weighted by Gasteiger charge is -2.41. The maximum absolute atomic E-state index is 6.30. The fraction of sp³-hybridized carbons (Fsp3) is 0.429. The first-order valence-electron chi connectivity index (χ1n) is 8.00. The van der Waals surface area contributed by atoms with E-state index in [2.05, 4.69) is 17.8 Å². The van der Waals surface area contributed by atoms with E-state index in [0.29, 0.717) is 0 Å². The summed E-state index contributed by atoms with van der Waals surface area (Å²) in [7, 11) is -3.57. The number of benzene rings is 1. The van der Waals surface area contributed by atoms with Gasteiger partial charge in [0.25, 0.3) is 0 Å². The summed E-state index contributed by atoms with van der Waals surface area (Å²) in [6.45, 7) is 10.6. The Balaban J connectivity index is 3.61. The molecule has 0 aromatic heterocycles. The predicted molar refractivity (Wildman–Crippen MR) is 104 cm³/mol. The van der Waals surface area contributed by atoms with Gasteiger partial charge in [0.05, 0.1) is 0 Å². The predicted octanol–water partition coefficient (Wildman–Crippen LogP) is 3.12. The van der Waals surface area contributed by atoms with E-state index in [-0.39, 0.29) is 0 Å². The highest BCUT2D eigenvalue weighted by Crippen LogP contribution is 2.28. The SMILES string of the molecule is C#CC(C)(C)O[Si](OC(C)(C)C#C)(OC(C)(C)C#C)c1ccccc1. The highest BCUT2D eigenvalue weighted by molar-refractivity contribution is 6.75. The number of hydrogen-bond acceptors (Lipinski definition) is 3. The molecule has 1 rings (SSSR count). The molecule has 0 atom stereocenters. The van der Waals surface area contributed by atoms with Gasteiger partial charge in [0.2, 0.25) is 0 Å². The molecule has 0 heterocycles. The molecule has 0 aliphatic carbocycles. The van der Waals surface area contributed by atoms with Crippen LogP contribution in [0.3, 0.4) is 0 Å². The molecule has 0 amide bonds. The van der Waals surface area contributed by atoms with E-state index in [4.69, 9.17) is 32.5 Å². The van der Waals surface area contributed by atoms with Gasteiger partial charge in [-0.05, 0) is 41.5 Å². The number of hydrogen-bond donors (Lipinski definition) is 0. The molecule has 0 unspecified atom stereocenters. The van der Waals surface area contributed by atoms with Gasteiger partial charge in [-0.2, -0.15) is 0 Å². The van der Waals surface area contributed by atoms with Gasteiger partial charge in [-0.25, -0.2) is 0 Å². The molecule has 0 N–H and O–H groups in total. The molecular formula is C21H26O3Si. The third-order valence-corrected chi connectivity index (χ3v) is 6.72. The lowest BCUT2D eigenvalue weighted by Crippen LogP contribution is -2.65. The minimum Gasteiger partial charge on any atom is -0.353 e. The van der Waals surface area contributed by atoms with Crippen molar-refractivity contribution in [3.8, 4) is 37.0 Å². The third kappa shape index (κ3) is 5.78. The maximum atomic E-state index is 6.30. The Morgan fingerprint density at radius 1 is 0.680 bits per heavy atom. The van der Waals surface area contributed by atoms with E-state index in [1.807, 2.05) is 30.3 Å². The van der Waals surface area contributed by atoms with Crippen molar-refractivity contribution in [1.82, 2.24) is 0 Å². The van der Waals surface area contributed by atoms with Crippen molar-refractivity contribution < 1.29 is 13.3 Å². The van der Waals surface area contributed by atoms with Gasteiger partial charge in [-0.15, -0.1) is 19.3 Å². The third-order valence-electron chi connectivity index (χ3n) is 3.34. The Bertz CT molecular complexity index is 643. The highest BCUT2D eigenvalue weighted by Gasteiger charge is 2.53. The van der Waals surface area contributed by atoms with Crippen molar-refractivity contribution in [2.75, 3.05) is 0 Å². The van der Waals surface area contributed by atoms with Crippen molar-refractivity contribution in [1.29, 1.82) is 0 Å². The summed E-state index contributed by atoms with van der Waals surface area (Å²) in [4.78, 5) is 0. The summed E-state index contributed by atoms with van der Waals surface area (Å²) in [6, 6.07) is 9.40. The van der Waals surface area contributed by atoms with Crippen LogP contribution in [0, 0.1) is 37.0 Å². The van der Waals surface area contributed by atoms with Gasteiger partial charge in [0.1, 0.15) is 16.8 Å². The fourth-order valence-corrected chi connectivity index (χ4v) is 5.25. The van der Waals surface area contributed by atoms with Gasteiger partial charge < -0.3 is 13.3 Å². The highest BCUT2D eigenvalue weighted by atomic mass is 28.4. The molecule has 1 aromatic carbocycles. The van der Waals surface area contributed by atoms with Crippen molar-refractivity contribution in [2.24, 2.45) is 0 Å². The second-order valence-electron chi connectivity index (χ2n) is 7.19. The molecule has 132 valence electrons. The van der Waals surface area contributed by atoms with Crippen LogP contribution in [0.1, 0.15) is 41.5 Å². The fourth-order valence-electron chi connectivity index (χ4n) is 1.98. The average Bonchev–Trinajstić information content (AvgIpc) is 2.54. The molecular weight excluding hydrogens is 328 g/mol. The molecule has 0 aliphatic heterocycles. The number of terminal acetylenes is 3. The smallest absolute Gasteiger partial charge is 0.353 e. The average molecular weight is 355 g/mol. The zero-order valence-corrected chi connectivity index (χ0v) is 16.8. The molecule has 0 saturated heterocycles. The van der Waals surface area contributed by atoms with E-state index >= 15 is 0 Å². The quantitative estimate of drug-likeness (QED) is 0.556. The van der Waals surface area contributed by atoms with Crippen molar-refractivity contribution >= 4 is 14.0 Å². The van der Waals surface area contributed by atoms with Gasteiger partial charge in [-0.1, -0.05) is 48.1 Å². The zero-order valence-electron chi connectivity index (χ0n) is 15.8. The first-order valence-corrected chi connectivity index (χ1v) is 9.73. The Kier molecular flexibility index (Phi) is 6.30. The summed E-state index contributed by atoms with van der Waals surface area (Å²) in [5.74, 6) is 7.87. The Morgan fingerprint density at radius 3 is 1.28 bits per heavy atom. The number of rotatable bonds is 7. The molecule has 3 nitrogen and oxygen atoms in total. The summed E-state index contributed by atoms with van der Waals surface area (Å²) >= 11 is 0. The maximum Gasteiger partial charge on any atom is 0.540 e. The summed E-state index contributed by atoms with van der Waals surface area (Å²) in [5, 5.41) is 0.741. The van der Waals surface area contributed by atoms with Crippen LogP contribution in [0.15, 0.2) is 30.3 Å². The van der Waals surface area contributed by atoms with E-state index in [1.165, 1.54) is 0 Å². The largest absolute Gasteiger partial charge is 0.540 e. The molecule has 1 aromatic rings. The van der Waals surface area contributed by atoms with Crippen molar-refractivity contribution in [2.45, 2.75) is 58.3 Å². The molecule has 0 spiro atoms. The lowest BCUT2D eigenvalue weighted by atomic mass is 10.2. The topological polar surface area (TPSA) is 27.7 Å². The summed E-state index contributed by atoms with van der Waals surface area (Å²) in [5.41, 5.74) is -2.80. The molecule has 0 fully saturated rings. The van der Waals surface area contributed by atoms with E-state index in [9.17, 15) is 0 Å². The molecule has 0 radical (unpaired) electrons. The first-order chi connectivity index (χ1) is 11.4. The Labute approximate surface area is 153 Å². The molecule has 0 saturated carbocycles. The van der Waals surface area contributed by atoms with Gasteiger partial charge in [-0.3, -0.25) is 0 Å². The van der Waals surface area contributed by atoms with Gasteiger partial charge >= 0.3 is 8.80 Å². The van der Waals surface area contributed by atoms with E-state index in [0.717, 1.165) is 5.19 Å². The van der Waals surface area contributed by atoms with Crippen LogP contribution in [0.5, 0.6) is 0 Å². The molecule has 0 bridgehead atoms. The van der Waals surface area contributed by atoms with E-state index < -0.39 is 25.6 Å². The van der Waals surface area contributed by atoms with Gasteiger partial charge in [0, 0.05) is 5.19 Å². The van der Waals surface area contributed by atoms with E-state index in [1.54, 1.807) is 41.5 Å². The monoisotopic (exact) mass is 354 g/mol. The summed E-state index contributed by atoms with van der Waals surface area (Å²) < 4.78 is 18.9.